The SMILES string of the molecule is C=C1C=C/C(=C/N=C(C)Nc2ccc(C)cc2)C(=C)N1CCC(CC)CC.C=CC(=C)C.CC.CCCO. The maximum absolute atomic E-state index is 7.88. The smallest absolute Gasteiger partial charge is 0.103 e. The van der Waals surface area contributed by atoms with Gasteiger partial charge in [-0.25, -0.2) is 4.99 Å². The summed E-state index contributed by atoms with van der Waals surface area (Å²) in [5.41, 5.74) is 6.30. The van der Waals surface area contributed by atoms with Gasteiger partial charge in [0.1, 0.15) is 5.84 Å². The first-order valence-corrected chi connectivity index (χ1v) is 13.9. The van der Waals surface area contributed by atoms with Crippen LogP contribution in [-0.2, 0) is 0 Å². The van der Waals surface area contributed by atoms with Crippen molar-refractivity contribution in [2.24, 2.45) is 10.9 Å². The van der Waals surface area contributed by atoms with Crippen molar-refractivity contribution in [2.45, 2.75) is 81.1 Å². The van der Waals surface area contributed by atoms with Crippen molar-refractivity contribution in [3.05, 3.63) is 103 Å². The highest BCUT2D eigenvalue weighted by Crippen LogP contribution is 2.27. The van der Waals surface area contributed by atoms with Gasteiger partial charge in [0.05, 0.1) is 0 Å². The first kappa shape index (κ1) is 37.0. The van der Waals surface area contributed by atoms with Crippen molar-refractivity contribution < 1.29 is 5.11 Å². The number of hydrogen-bond acceptors (Lipinski definition) is 3. The molecule has 0 bridgehead atoms. The highest BCUT2D eigenvalue weighted by molar-refractivity contribution is 5.93. The Morgan fingerprint density at radius 3 is 2.03 bits per heavy atom. The molecule has 0 radical (unpaired) electrons. The minimum atomic E-state index is 0.319. The van der Waals surface area contributed by atoms with Crippen LogP contribution in [0.1, 0.15) is 79.7 Å². The molecule has 4 nitrogen and oxygen atoms in total. The van der Waals surface area contributed by atoms with Crippen LogP contribution < -0.4 is 5.32 Å². The molecule has 1 aromatic carbocycles. The number of nitrogens with one attached hydrogen (secondary N) is 1. The lowest BCUT2D eigenvalue weighted by Gasteiger charge is -2.32. The van der Waals surface area contributed by atoms with E-state index in [0.29, 0.717) is 6.61 Å². The second-order valence-electron chi connectivity index (χ2n) is 8.96. The van der Waals surface area contributed by atoms with E-state index in [4.69, 9.17) is 5.11 Å². The number of aliphatic hydroxyl groups excluding tert-OH is 1. The number of aliphatic imine (C=N–C) groups is 1. The highest BCUT2D eigenvalue weighted by Gasteiger charge is 2.18. The fourth-order valence-corrected chi connectivity index (χ4v) is 3.15. The Morgan fingerprint density at radius 1 is 1.05 bits per heavy atom. The van der Waals surface area contributed by atoms with Gasteiger partial charge in [-0.3, -0.25) is 0 Å². The molecule has 1 aromatic rings. The average Bonchev–Trinajstić information content (AvgIpc) is 2.93. The summed E-state index contributed by atoms with van der Waals surface area (Å²) in [6.07, 6.45) is 12.2. The van der Waals surface area contributed by atoms with Crippen molar-refractivity contribution in [1.82, 2.24) is 4.90 Å². The Kier molecular flexibility index (Phi) is 22.5. The van der Waals surface area contributed by atoms with Crippen molar-refractivity contribution in [1.29, 1.82) is 0 Å². The van der Waals surface area contributed by atoms with Gasteiger partial charge < -0.3 is 15.3 Å². The van der Waals surface area contributed by atoms with Gasteiger partial charge in [-0.1, -0.05) is 103 Å². The molecule has 1 aliphatic heterocycles. The third-order valence-electron chi connectivity index (χ3n) is 5.72. The standard InChI is InChI=1S/C24H33N3.C5H8.C3H8O.C2H6/c1-7-22(8-2)15-16-27-19(4)11-12-23(20(27)5)17-25-21(6)26-24-13-9-18(3)10-14-24;1-4-5(2)3;1-2-3-4;1-2/h9-14,17,22H,4-5,7-8,15-16H2,1-3,6H3,(H,25,26);4H,1-2H2,3H3;4H,2-3H2,1H3;1-2H3/b23-17-;;;. The summed E-state index contributed by atoms with van der Waals surface area (Å²) in [6, 6.07) is 8.29. The zero-order chi connectivity index (χ0) is 29.5. The molecule has 0 fully saturated rings. The number of benzene rings is 1. The van der Waals surface area contributed by atoms with Gasteiger partial charge in [0.2, 0.25) is 0 Å². The van der Waals surface area contributed by atoms with Gasteiger partial charge in [-0.2, -0.15) is 0 Å². The minimum absolute atomic E-state index is 0.319. The first-order valence-electron chi connectivity index (χ1n) is 13.9. The number of amidine groups is 1. The van der Waals surface area contributed by atoms with Crippen LogP contribution in [0, 0.1) is 12.8 Å². The van der Waals surface area contributed by atoms with Crippen molar-refractivity contribution in [3.63, 3.8) is 0 Å². The Bertz CT molecular complexity index is 914. The third-order valence-corrected chi connectivity index (χ3v) is 5.72. The van der Waals surface area contributed by atoms with Crippen molar-refractivity contribution in [3.8, 4) is 0 Å². The van der Waals surface area contributed by atoms with Crippen LogP contribution in [0.4, 0.5) is 5.69 Å². The van der Waals surface area contributed by atoms with E-state index in [9.17, 15) is 0 Å². The second kappa shape index (κ2) is 23.0. The van der Waals surface area contributed by atoms with Crippen LogP contribution in [0.2, 0.25) is 0 Å². The summed E-state index contributed by atoms with van der Waals surface area (Å²) in [6.45, 7) is 33.2. The molecule has 0 atom stereocenters. The molecule has 2 N–H and O–H groups in total. The number of allylic oxidation sites excluding steroid dienone is 4. The number of rotatable bonds is 9. The van der Waals surface area contributed by atoms with Crippen LogP contribution in [0.3, 0.4) is 0 Å². The topological polar surface area (TPSA) is 47.9 Å². The lowest BCUT2D eigenvalue weighted by atomic mass is 9.98. The second-order valence-corrected chi connectivity index (χ2v) is 8.96. The molecule has 0 unspecified atom stereocenters. The van der Waals surface area contributed by atoms with Gasteiger partial charge in [0.25, 0.3) is 0 Å². The van der Waals surface area contributed by atoms with Crippen LogP contribution in [0.5, 0.6) is 0 Å². The van der Waals surface area contributed by atoms with Crippen molar-refractivity contribution >= 4 is 11.5 Å². The fourth-order valence-electron chi connectivity index (χ4n) is 3.15. The van der Waals surface area contributed by atoms with E-state index in [-0.39, 0.29) is 0 Å². The molecule has 0 amide bonds. The summed E-state index contributed by atoms with van der Waals surface area (Å²) in [7, 11) is 0. The zero-order valence-electron chi connectivity index (χ0n) is 25.6. The molecule has 0 saturated heterocycles. The number of aliphatic hydroxyl groups is 1. The molecule has 1 heterocycles. The molecule has 0 spiro atoms. The van der Waals surface area contributed by atoms with E-state index < -0.39 is 0 Å². The van der Waals surface area contributed by atoms with Crippen LogP contribution in [0.25, 0.3) is 0 Å². The van der Waals surface area contributed by atoms with Gasteiger partial charge in [-0.05, 0) is 63.8 Å². The zero-order valence-corrected chi connectivity index (χ0v) is 25.6. The summed E-state index contributed by atoms with van der Waals surface area (Å²) in [5.74, 6) is 1.60. The van der Waals surface area contributed by atoms with Crippen LogP contribution >= 0.6 is 0 Å². The monoisotopic (exact) mass is 521 g/mol. The molecule has 4 heteroatoms. The van der Waals surface area contributed by atoms with E-state index in [0.717, 1.165) is 59.4 Å². The minimum Gasteiger partial charge on any atom is -0.396 e. The third kappa shape index (κ3) is 16.6. The number of anilines is 1. The molecule has 0 saturated carbocycles. The molecule has 2 rings (SSSR count). The Morgan fingerprint density at radius 2 is 1.58 bits per heavy atom. The normalized spacial score (nSPS) is 13.6. The highest BCUT2D eigenvalue weighted by atomic mass is 16.2. The molecule has 0 aromatic heterocycles. The first-order chi connectivity index (χ1) is 18.1. The molecular formula is C34H55N3O. The van der Waals surface area contributed by atoms with Crippen LogP contribution in [0.15, 0.2) is 103 Å². The van der Waals surface area contributed by atoms with Crippen molar-refractivity contribution in [2.75, 3.05) is 18.5 Å². The molecule has 1 aliphatic rings. The van der Waals surface area contributed by atoms with Crippen LogP contribution in [-0.4, -0.2) is 29.0 Å². The largest absolute Gasteiger partial charge is 0.396 e. The maximum Gasteiger partial charge on any atom is 0.103 e. The molecule has 0 aliphatic carbocycles. The molecule has 38 heavy (non-hydrogen) atoms. The van der Waals surface area contributed by atoms with Gasteiger partial charge in [0, 0.05) is 42.0 Å². The average molecular weight is 522 g/mol. The predicted molar refractivity (Wildman–Crippen MR) is 173 cm³/mol. The van der Waals surface area contributed by atoms with E-state index in [2.05, 4.69) is 86.6 Å². The molecular weight excluding hydrogens is 466 g/mol. The van der Waals surface area contributed by atoms with E-state index in [1.807, 2.05) is 53.0 Å². The summed E-state index contributed by atoms with van der Waals surface area (Å²) in [5, 5.41) is 11.2. The Labute approximate surface area is 235 Å². The predicted octanol–water partition coefficient (Wildman–Crippen LogP) is 9.60. The quantitative estimate of drug-likeness (QED) is 0.193. The molecule has 212 valence electrons. The van der Waals surface area contributed by atoms with E-state index in [1.165, 1.54) is 18.4 Å². The summed E-state index contributed by atoms with van der Waals surface area (Å²) < 4.78 is 0. The lowest BCUT2D eigenvalue weighted by molar-refractivity contribution is 0.295. The van der Waals surface area contributed by atoms with Gasteiger partial charge in [-0.15, -0.1) is 0 Å². The number of hydrogen-bond donors (Lipinski definition) is 2. The maximum atomic E-state index is 7.88. The Balaban J connectivity index is 0. The number of aryl methyl sites for hydroxylation is 1. The summed E-state index contributed by atoms with van der Waals surface area (Å²) in [4.78, 5) is 6.79. The lowest BCUT2D eigenvalue weighted by Crippen LogP contribution is -2.26. The van der Waals surface area contributed by atoms with E-state index >= 15 is 0 Å². The fraction of sp³-hybridized carbons (Fsp3) is 0.441. The summed E-state index contributed by atoms with van der Waals surface area (Å²) >= 11 is 0. The van der Waals surface area contributed by atoms with Gasteiger partial charge >= 0.3 is 0 Å². The van der Waals surface area contributed by atoms with Gasteiger partial charge in [0.15, 0.2) is 0 Å². The Hall–Kier alpha value is -3.11. The van der Waals surface area contributed by atoms with E-state index in [1.54, 1.807) is 6.08 Å². The number of nitrogens with zero attached hydrogens (tertiary/aromatic N) is 2.